The minimum absolute atomic E-state index is 0.0196. The van der Waals surface area contributed by atoms with Crippen LogP contribution in [0.5, 0.6) is 0 Å². The highest BCUT2D eigenvalue weighted by Crippen LogP contribution is 2.51. The Bertz CT molecular complexity index is 2120. The predicted molar refractivity (Wildman–Crippen MR) is 182 cm³/mol. The number of nitrogens with two attached hydrogens (primary N) is 2. The van der Waals surface area contributed by atoms with Crippen LogP contribution in [0, 0.1) is 0 Å². The molecule has 9 atom stereocenters. The molecule has 4 aromatic rings. The van der Waals surface area contributed by atoms with Gasteiger partial charge in [-0.3, -0.25) is 23.4 Å². The van der Waals surface area contributed by atoms with Gasteiger partial charge in [-0.25, -0.2) is 32.9 Å². The van der Waals surface area contributed by atoms with Crippen molar-refractivity contribution in [2.45, 2.75) is 70.0 Å². The largest absolute Gasteiger partial charge is 0.382 e. The van der Waals surface area contributed by atoms with Crippen LogP contribution in [0.4, 0.5) is 20.5 Å². The van der Waals surface area contributed by atoms with E-state index in [4.69, 9.17) is 46.0 Å². The van der Waals surface area contributed by atoms with E-state index in [-0.39, 0.29) is 34.1 Å². The number of aromatic nitrogens is 8. The lowest BCUT2D eigenvalue weighted by molar-refractivity contribution is -0.0472. The van der Waals surface area contributed by atoms with Gasteiger partial charge >= 0.3 is 17.0 Å². The molecule has 3 saturated heterocycles. The molecule has 2 bridgehead atoms. The number of rotatable bonds is 5. The summed E-state index contributed by atoms with van der Waals surface area (Å²) in [5.41, 5.74) is 10.6. The Morgan fingerprint density at radius 1 is 0.981 bits per heavy atom. The van der Waals surface area contributed by atoms with Crippen molar-refractivity contribution < 1.29 is 44.8 Å². The van der Waals surface area contributed by atoms with Crippen LogP contribution < -0.4 is 21.7 Å². The fraction of sp³-hybridized carbons (Fsp3) is 0.615. The maximum absolute atomic E-state index is 16.0. The first kappa shape index (κ1) is 38.4. The van der Waals surface area contributed by atoms with E-state index >= 15 is 8.78 Å². The van der Waals surface area contributed by atoms with E-state index in [1.165, 1.54) is 30.5 Å². The average Bonchev–Trinajstić information content (AvgIpc) is 3.85. The van der Waals surface area contributed by atoms with Crippen molar-refractivity contribution in [2.75, 3.05) is 44.3 Å². The number of aromatic amines is 1. The van der Waals surface area contributed by atoms with Gasteiger partial charge in [0.2, 0.25) is 5.95 Å². The molecule has 0 radical (unpaired) electrons. The standard InChI is InChI=1S/C20H22F2N11O9PS2.C6H15N/c21-8-7-2-38-43(35,44)41-12-6(39-18(9(12)22)32-4-27-10-14(23)25-3-26-15(10)32)1-29-45(36,37)42-13(8)19(40-7)33-5-28-11-16(33)30-20(24)31-17(11)34;1-4-7(5-2)6-3/h3-9,12-13,18-19,29H,1-2H2,(H,35,44)(H2,23,25,26)(H3,24,30,31,34);4-6H2,1-3H3/t6-,7-,8-,9-,12-,13-,18-,19-,43?;/m1./s1. The molecule has 21 nitrogen and oxygen atoms in total. The van der Waals surface area contributed by atoms with Gasteiger partial charge in [-0.15, -0.1) is 0 Å². The quantitative estimate of drug-likeness (QED) is 0.164. The number of hydrogen-bond donors (Lipinski definition) is 5. The normalized spacial score (nSPS) is 32.1. The lowest BCUT2D eigenvalue weighted by Gasteiger charge is -2.26. The van der Waals surface area contributed by atoms with Crippen LogP contribution in [0.2, 0.25) is 0 Å². The van der Waals surface area contributed by atoms with Crippen LogP contribution in [-0.4, -0.2) is 127 Å². The van der Waals surface area contributed by atoms with Gasteiger partial charge < -0.3 is 35.3 Å². The molecule has 7 N–H and O–H groups in total. The van der Waals surface area contributed by atoms with Gasteiger partial charge in [-0.1, -0.05) is 20.8 Å². The summed E-state index contributed by atoms with van der Waals surface area (Å²) in [6.07, 6.45) is -10.6. The Morgan fingerprint density at radius 2 is 1.63 bits per heavy atom. The number of nitrogens with zero attached hydrogens (tertiary/aromatic N) is 8. The molecule has 7 heterocycles. The van der Waals surface area contributed by atoms with Crippen LogP contribution >= 0.6 is 6.72 Å². The van der Waals surface area contributed by atoms with Gasteiger partial charge in [0.15, 0.2) is 53.5 Å². The summed E-state index contributed by atoms with van der Waals surface area (Å²) in [5, 5.41) is 0. The van der Waals surface area contributed by atoms with Gasteiger partial charge in [-0.05, 0) is 31.4 Å². The summed E-state index contributed by atoms with van der Waals surface area (Å²) in [7, 11) is -4.83. The molecule has 3 fully saturated rings. The number of hydrogen-bond acceptors (Lipinski definition) is 17. The lowest BCUT2D eigenvalue weighted by Crippen LogP contribution is -2.43. The lowest BCUT2D eigenvalue weighted by atomic mass is 10.1. The molecule has 1 unspecified atom stereocenters. The van der Waals surface area contributed by atoms with Crippen LogP contribution in [0.25, 0.3) is 22.3 Å². The maximum atomic E-state index is 16.0. The zero-order valence-corrected chi connectivity index (χ0v) is 30.4. The molecular weight excluding hydrogens is 757 g/mol. The second-order valence-electron chi connectivity index (χ2n) is 11.7. The molecule has 7 rings (SSSR count). The summed E-state index contributed by atoms with van der Waals surface area (Å²) in [6.45, 7) is 4.30. The minimum atomic E-state index is -4.83. The third kappa shape index (κ3) is 7.66. The van der Waals surface area contributed by atoms with Crippen LogP contribution in [-0.2, 0) is 44.8 Å². The molecule has 0 aliphatic carbocycles. The third-order valence-electron chi connectivity index (χ3n) is 8.61. The van der Waals surface area contributed by atoms with Gasteiger partial charge in [-0.2, -0.15) is 18.1 Å². The van der Waals surface area contributed by atoms with E-state index in [2.05, 4.69) is 60.3 Å². The monoisotopic (exact) mass is 794 g/mol. The number of anilines is 2. The van der Waals surface area contributed by atoms with Gasteiger partial charge in [0, 0.05) is 6.54 Å². The highest BCUT2D eigenvalue weighted by Gasteiger charge is 2.53. The number of nitrogen functional groups attached to an aromatic ring is 2. The Labute approximate surface area is 299 Å². The van der Waals surface area contributed by atoms with Crippen LogP contribution in [0.3, 0.4) is 0 Å². The summed E-state index contributed by atoms with van der Waals surface area (Å²) >= 11 is 5.09. The molecular formula is C26H37F2N12O9PS2. The number of imidazole rings is 2. The van der Waals surface area contributed by atoms with Crippen molar-refractivity contribution in [1.29, 1.82) is 0 Å². The number of nitrogens with one attached hydrogen (secondary N) is 2. The molecule has 26 heteroatoms. The Morgan fingerprint density at radius 3 is 2.31 bits per heavy atom. The highest BCUT2D eigenvalue weighted by atomic mass is 32.5. The van der Waals surface area contributed by atoms with Gasteiger partial charge in [0.05, 0.1) is 19.3 Å². The number of halogens is 2. The van der Waals surface area contributed by atoms with E-state index in [0.29, 0.717) is 0 Å². The summed E-state index contributed by atoms with van der Waals surface area (Å²) < 4.78 is 89.8. The smallest absolute Gasteiger partial charge is 0.336 e. The van der Waals surface area contributed by atoms with E-state index in [0.717, 1.165) is 17.2 Å². The van der Waals surface area contributed by atoms with Crippen LogP contribution in [0.15, 0.2) is 23.8 Å². The van der Waals surface area contributed by atoms with Crippen molar-refractivity contribution in [3.8, 4) is 0 Å². The summed E-state index contributed by atoms with van der Waals surface area (Å²) in [5.74, 6) is -0.280. The Kier molecular flexibility index (Phi) is 11.2. The fourth-order valence-corrected chi connectivity index (χ4v) is 8.30. The summed E-state index contributed by atoms with van der Waals surface area (Å²) in [6, 6.07) is 0. The predicted octanol–water partition coefficient (Wildman–Crippen LogP) is -0.205. The Hall–Kier alpha value is -3.36. The van der Waals surface area contributed by atoms with E-state index in [9.17, 15) is 18.1 Å². The molecule has 0 amide bonds. The first-order valence-corrected chi connectivity index (χ1v) is 20.0. The van der Waals surface area contributed by atoms with Crippen LogP contribution in [0.1, 0.15) is 33.2 Å². The Balaban J connectivity index is 0.000000604. The van der Waals surface area contributed by atoms with E-state index in [1.54, 1.807) is 0 Å². The molecule has 0 aromatic carbocycles. The number of alkyl halides is 2. The van der Waals surface area contributed by atoms with Crippen molar-refractivity contribution in [3.05, 3.63) is 29.3 Å². The van der Waals surface area contributed by atoms with E-state index < -0.39 is 84.9 Å². The van der Waals surface area contributed by atoms with Gasteiger partial charge in [0.25, 0.3) is 5.56 Å². The molecule has 0 saturated carbocycles. The van der Waals surface area contributed by atoms with Gasteiger partial charge in [0.1, 0.15) is 30.2 Å². The molecule has 3 aliphatic heterocycles. The van der Waals surface area contributed by atoms with Crippen molar-refractivity contribution in [3.63, 3.8) is 0 Å². The number of H-pyrrole nitrogens is 1. The summed E-state index contributed by atoms with van der Waals surface area (Å²) in [4.78, 5) is 47.6. The molecule has 0 spiro atoms. The number of ether oxygens (including phenoxy) is 2. The topological polar surface area (TPSA) is 275 Å². The SMILES string of the molecule is CCN(CC)CC.Nc1nc2c(ncn2[C@@H]2O[C@@H]3COP(O)(=S)O[C@H]4[C@@H](F)[C@H](n5cnc6c(N)ncnc65)O[C@@H]4CNS(=O)(=O)O[C@@H]2[C@@H]3F)c(=O)[nH]1. The second kappa shape index (κ2) is 15.2. The molecule has 3 aliphatic rings. The molecule has 4 aromatic heterocycles. The first-order chi connectivity index (χ1) is 24.7. The van der Waals surface area contributed by atoms with Crippen molar-refractivity contribution in [2.24, 2.45) is 0 Å². The molecule has 286 valence electrons. The highest BCUT2D eigenvalue weighted by molar-refractivity contribution is 8.07. The average molecular weight is 795 g/mol. The second-order valence-corrected chi connectivity index (χ2v) is 15.9. The maximum Gasteiger partial charge on any atom is 0.336 e. The fourth-order valence-electron chi connectivity index (χ4n) is 5.94. The zero-order valence-electron chi connectivity index (χ0n) is 27.9. The minimum Gasteiger partial charge on any atom is -0.382 e. The number of fused-ring (bicyclic) bond motifs is 5. The van der Waals surface area contributed by atoms with Crippen molar-refractivity contribution in [1.82, 2.24) is 48.7 Å². The van der Waals surface area contributed by atoms with E-state index in [1.807, 2.05) is 0 Å². The van der Waals surface area contributed by atoms with Crippen molar-refractivity contribution >= 4 is 62.9 Å². The first-order valence-electron chi connectivity index (χ1n) is 16.0. The zero-order chi connectivity index (χ0) is 37.5. The molecule has 52 heavy (non-hydrogen) atoms. The third-order valence-corrected chi connectivity index (χ3v) is 11.2.